The third-order valence-corrected chi connectivity index (χ3v) is 12.9. The Kier molecular flexibility index (Phi) is 59.4. The van der Waals surface area contributed by atoms with Crippen molar-refractivity contribution in [1.82, 2.24) is 0 Å². The predicted molar refractivity (Wildman–Crippen MR) is 329 cm³/mol. The lowest BCUT2D eigenvalue weighted by Crippen LogP contribution is -2.30. The van der Waals surface area contributed by atoms with Crippen molar-refractivity contribution in [2.75, 3.05) is 13.2 Å². The maximum absolute atomic E-state index is 12.9. The fourth-order valence-corrected chi connectivity index (χ4v) is 8.19. The Balaban J connectivity index is 4.48. The normalized spacial score (nSPS) is 13.0. The molecule has 0 saturated heterocycles. The maximum atomic E-state index is 12.9. The molecule has 0 heterocycles. The number of ether oxygens (including phenoxy) is 3. The zero-order chi connectivity index (χ0) is 55.0. The third kappa shape index (κ3) is 60.4. The van der Waals surface area contributed by atoms with Gasteiger partial charge in [0.15, 0.2) is 6.10 Å². The monoisotopic (exact) mass is 1050 g/mol. The fraction of sp³-hybridized carbons (Fsp3) is 0.643. The minimum Gasteiger partial charge on any atom is -0.462 e. The molecule has 0 spiro atoms. The van der Waals surface area contributed by atoms with Crippen molar-refractivity contribution in [2.24, 2.45) is 0 Å². The Morgan fingerprint density at radius 3 is 0.842 bits per heavy atom. The summed E-state index contributed by atoms with van der Waals surface area (Å²) in [5.41, 5.74) is 0. The first-order valence-corrected chi connectivity index (χ1v) is 31.2. The molecule has 0 aromatic heterocycles. The molecule has 0 bridgehead atoms. The van der Waals surface area contributed by atoms with Crippen LogP contribution in [0.1, 0.15) is 271 Å². The van der Waals surface area contributed by atoms with Gasteiger partial charge in [-0.2, -0.15) is 0 Å². The molecule has 0 aliphatic rings. The summed E-state index contributed by atoms with van der Waals surface area (Å²) in [6, 6.07) is 0. The van der Waals surface area contributed by atoms with Gasteiger partial charge in [-0.05, 0) is 141 Å². The van der Waals surface area contributed by atoms with Crippen molar-refractivity contribution in [3.05, 3.63) is 134 Å². The summed E-state index contributed by atoms with van der Waals surface area (Å²) >= 11 is 0. The zero-order valence-corrected chi connectivity index (χ0v) is 49.2. The first-order chi connectivity index (χ1) is 37.5. The largest absolute Gasteiger partial charge is 0.462 e. The van der Waals surface area contributed by atoms with Gasteiger partial charge in [-0.1, -0.05) is 244 Å². The van der Waals surface area contributed by atoms with Crippen molar-refractivity contribution >= 4 is 17.9 Å². The van der Waals surface area contributed by atoms with E-state index in [9.17, 15) is 14.4 Å². The average molecular weight is 1050 g/mol. The highest BCUT2D eigenvalue weighted by Crippen LogP contribution is 2.14. The summed E-state index contributed by atoms with van der Waals surface area (Å²) in [5, 5.41) is 0. The van der Waals surface area contributed by atoms with Crippen molar-refractivity contribution in [2.45, 2.75) is 277 Å². The Labute approximate surface area is 468 Å². The number of carbonyl (C=O) groups excluding carboxylic acids is 3. The third-order valence-electron chi connectivity index (χ3n) is 12.9. The van der Waals surface area contributed by atoms with E-state index in [1.165, 1.54) is 83.5 Å². The van der Waals surface area contributed by atoms with Gasteiger partial charge in [-0.3, -0.25) is 14.4 Å². The molecule has 0 rings (SSSR count). The number of hydrogen-bond acceptors (Lipinski definition) is 6. The Morgan fingerprint density at radius 1 is 0.276 bits per heavy atom. The molecular weight excluding hydrogens is 937 g/mol. The molecule has 6 nitrogen and oxygen atoms in total. The summed E-state index contributed by atoms with van der Waals surface area (Å²) in [6.45, 7) is 6.44. The lowest BCUT2D eigenvalue weighted by atomic mass is 10.1. The summed E-state index contributed by atoms with van der Waals surface area (Å²) in [6.07, 6.45) is 88.7. The Morgan fingerprint density at radius 2 is 0.513 bits per heavy atom. The highest BCUT2D eigenvalue weighted by Gasteiger charge is 2.19. The molecule has 1 unspecified atom stereocenters. The topological polar surface area (TPSA) is 78.9 Å². The highest BCUT2D eigenvalue weighted by molar-refractivity contribution is 5.71. The molecule has 0 fully saturated rings. The van der Waals surface area contributed by atoms with Gasteiger partial charge in [-0.15, -0.1) is 0 Å². The van der Waals surface area contributed by atoms with Crippen molar-refractivity contribution in [3.63, 3.8) is 0 Å². The Hall–Kier alpha value is -4.45. The van der Waals surface area contributed by atoms with E-state index >= 15 is 0 Å². The molecule has 0 saturated carbocycles. The van der Waals surface area contributed by atoms with Gasteiger partial charge >= 0.3 is 17.9 Å². The van der Waals surface area contributed by atoms with Crippen molar-refractivity contribution in [1.29, 1.82) is 0 Å². The first kappa shape index (κ1) is 71.5. The molecule has 76 heavy (non-hydrogen) atoms. The molecule has 1 atom stereocenters. The zero-order valence-electron chi connectivity index (χ0n) is 49.2. The number of rotatable bonds is 55. The number of carbonyl (C=O) groups is 3. The summed E-state index contributed by atoms with van der Waals surface area (Å²) in [4.78, 5) is 38.3. The second-order valence-electron chi connectivity index (χ2n) is 20.2. The van der Waals surface area contributed by atoms with Crippen LogP contribution in [0.25, 0.3) is 0 Å². The molecule has 0 aromatic carbocycles. The average Bonchev–Trinajstić information content (AvgIpc) is 3.42. The van der Waals surface area contributed by atoms with E-state index in [0.29, 0.717) is 19.3 Å². The quantitative estimate of drug-likeness (QED) is 0.0261. The van der Waals surface area contributed by atoms with Crippen LogP contribution in [-0.4, -0.2) is 37.2 Å². The minimum absolute atomic E-state index is 0.103. The van der Waals surface area contributed by atoms with Gasteiger partial charge in [0.25, 0.3) is 0 Å². The number of unbranched alkanes of at least 4 members (excludes halogenated alkanes) is 22. The highest BCUT2D eigenvalue weighted by atomic mass is 16.6. The molecular formula is C70H114O6. The predicted octanol–water partition coefficient (Wildman–Crippen LogP) is 21.4. The first-order valence-electron chi connectivity index (χ1n) is 31.2. The van der Waals surface area contributed by atoms with Crippen LogP contribution in [0, 0.1) is 0 Å². The fourth-order valence-electron chi connectivity index (χ4n) is 8.19. The Bertz CT molecular complexity index is 1630. The molecule has 0 aliphatic carbocycles. The van der Waals surface area contributed by atoms with Crippen LogP contribution in [0.2, 0.25) is 0 Å². The van der Waals surface area contributed by atoms with Gasteiger partial charge in [0, 0.05) is 19.3 Å². The molecule has 6 heteroatoms. The smallest absolute Gasteiger partial charge is 0.306 e. The van der Waals surface area contributed by atoms with Crippen LogP contribution in [-0.2, 0) is 28.6 Å². The van der Waals surface area contributed by atoms with Gasteiger partial charge in [-0.25, -0.2) is 0 Å². The molecule has 430 valence electrons. The van der Waals surface area contributed by atoms with Crippen LogP contribution in [0.15, 0.2) is 134 Å². The van der Waals surface area contributed by atoms with Crippen LogP contribution < -0.4 is 0 Å². The van der Waals surface area contributed by atoms with E-state index < -0.39 is 6.10 Å². The van der Waals surface area contributed by atoms with E-state index in [2.05, 4.69) is 154 Å². The molecule has 0 aromatic rings. The van der Waals surface area contributed by atoms with E-state index in [1.54, 1.807) is 0 Å². The lowest BCUT2D eigenvalue weighted by Gasteiger charge is -2.18. The molecule has 0 aliphatic heterocycles. The van der Waals surface area contributed by atoms with E-state index in [1.807, 2.05) is 0 Å². The second-order valence-corrected chi connectivity index (χ2v) is 20.2. The molecule has 0 radical (unpaired) electrons. The standard InChI is InChI=1S/C70H114O6/c1-4-7-10-13-16-19-22-25-28-30-32-33-34-35-36-37-38-40-42-45-48-51-54-57-60-63-69(72)75-66-67(65-74-68(71)62-59-56-53-50-47-44-41-27-24-21-18-15-12-9-6-3)76-70(73)64-61-58-55-52-49-46-43-39-31-29-26-23-20-17-14-11-8-5-2/h7,10,16,18-21,23,25,27-29,31-33,35-36,38,40-41,45,48,67H,4-6,8-9,11-15,17,22,24,26,30,34,37,39,42-44,46-47,49-66H2,1-3H3/b10-7-,19-16-,21-18-,23-20-,28-25-,31-29-,33-32-,36-35-,40-38-,41-27-,48-45-. The van der Waals surface area contributed by atoms with Gasteiger partial charge in [0.1, 0.15) is 13.2 Å². The van der Waals surface area contributed by atoms with E-state index in [-0.39, 0.29) is 31.1 Å². The number of esters is 3. The van der Waals surface area contributed by atoms with E-state index in [4.69, 9.17) is 14.2 Å². The van der Waals surface area contributed by atoms with Crippen LogP contribution in [0.4, 0.5) is 0 Å². The number of hydrogen-bond donors (Lipinski definition) is 0. The summed E-state index contributed by atoms with van der Waals surface area (Å²) in [7, 11) is 0. The van der Waals surface area contributed by atoms with Crippen LogP contribution >= 0.6 is 0 Å². The lowest BCUT2D eigenvalue weighted by molar-refractivity contribution is -0.167. The van der Waals surface area contributed by atoms with Gasteiger partial charge < -0.3 is 14.2 Å². The summed E-state index contributed by atoms with van der Waals surface area (Å²) < 4.78 is 16.9. The van der Waals surface area contributed by atoms with Gasteiger partial charge in [0.2, 0.25) is 0 Å². The molecule has 0 amide bonds. The molecule has 0 N–H and O–H groups in total. The van der Waals surface area contributed by atoms with Crippen LogP contribution in [0.3, 0.4) is 0 Å². The summed E-state index contributed by atoms with van der Waals surface area (Å²) in [5.74, 6) is -0.957. The maximum Gasteiger partial charge on any atom is 0.306 e. The van der Waals surface area contributed by atoms with Crippen molar-refractivity contribution in [3.8, 4) is 0 Å². The minimum atomic E-state index is -0.808. The second kappa shape index (κ2) is 63.1. The SMILES string of the molecule is CC/C=C\C/C=C\C/C=C\C/C=C\C/C=C\C/C=C\C/C=C\CCCCCC(=O)OCC(COC(=O)CCCCCCC/C=C\C/C=C\CCCCC)OC(=O)CCCCCCCCC/C=C\C/C=C\CCCCCC. The van der Waals surface area contributed by atoms with Gasteiger partial charge in [0.05, 0.1) is 0 Å². The van der Waals surface area contributed by atoms with Crippen LogP contribution in [0.5, 0.6) is 0 Å². The van der Waals surface area contributed by atoms with Crippen molar-refractivity contribution < 1.29 is 28.6 Å². The van der Waals surface area contributed by atoms with E-state index in [0.717, 1.165) is 148 Å². The number of allylic oxidation sites excluding steroid dienone is 22.